The van der Waals surface area contributed by atoms with Crippen molar-refractivity contribution in [2.75, 3.05) is 0 Å². The molecule has 2 nitrogen and oxygen atoms in total. The SMILES string of the molecule is CC(C)[N](C(C)(C)C)[Sn]([CH3])([N](C(C)C)C(C)(C)C)[C](C)(C)C. The molecule has 0 heterocycles. The summed E-state index contributed by atoms with van der Waals surface area (Å²) in [6.45, 7) is 31.3. The molecule has 0 saturated heterocycles. The molecule has 0 amide bonds. The predicted octanol–water partition coefficient (Wildman–Crippen LogP) is 5.88. The Kier molecular flexibility index (Phi) is 7.14. The van der Waals surface area contributed by atoms with Gasteiger partial charge in [0.1, 0.15) is 0 Å². The van der Waals surface area contributed by atoms with E-state index in [9.17, 15) is 0 Å². The van der Waals surface area contributed by atoms with Crippen LogP contribution in [0.3, 0.4) is 0 Å². The Morgan fingerprint density at radius 2 is 0.818 bits per heavy atom. The van der Waals surface area contributed by atoms with Gasteiger partial charge in [0.05, 0.1) is 0 Å². The normalized spacial score (nSPS) is 15.5. The number of rotatable bonds is 4. The van der Waals surface area contributed by atoms with Crippen LogP contribution in [-0.2, 0) is 0 Å². The molecule has 134 valence electrons. The second-order valence-corrected chi connectivity index (χ2v) is 23.4. The topological polar surface area (TPSA) is 6.48 Å². The van der Waals surface area contributed by atoms with Crippen LogP contribution in [-0.4, -0.2) is 48.3 Å². The zero-order chi connectivity index (χ0) is 18.3. The number of hydrogen-bond acceptors (Lipinski definition) is 2. The zero-order valence-corrected chi connectivity index (χ0v) is 20.9. The standard InChI is InChI=1S/2C7H16N.C4H9.CH3.Sn/c2*1-6(2)8-7(3,4)5;1-4(2)3;;/h2*6H,1-5H3;1-3H3;1H3;/q2*-1;;;+2. The summed E-state index contributed by atoms with van der Waals surface area (Å²) in [7, 11) is 0. The molecule has 0 aromatic heterocycles. The van der Waals surface area contributed by atoms with E-state index in [-0.39, 0.29) is 11.1 Å². The van der Waals surface area contributed by atoms with Crippen LogP contribution in [0.2, 0.25) is 8.37 Å². The van der Waals surface area contributed by atoms with Crippen LogP contribution in [0.4, 0.5) is 0 Å². The minimum absolute atomic E-state index is 0.199. The molecule has 0 unspecified atom stereocenters. The average Bonchev–Trinajstić information content (AvgIpc) is 2.07. The molecule has 0 bridgehead atoms. The number of hydrogen-bond donors (Lipinski definition) is 0. The Morgan fingerprint density at radius 3 is 0.909 bits per heavy atom. The van der Waals surface area contributed by atoms with Crippen molar-refractivity contribution in [3.05, 3.63) is 0 Å². The van der Waals surface area contributed by atoms with Crippen molar-refractivity contribution in [3.63, 3.8) is 0 Å². The van der Waals surface area contributed by atoms with Crippen molar-refractivity contribution >= 4 is 18.9 Å². The van der Waals surface area contributed by atoms with E-state index in [0.29, 0.717) is 15.5 Å². The Bertz CT molecular complexity index is 327. The number of nitrogens with zero attached hydrogens (tertiary/aromatic N) is 2. The van der Waals surface area contributed by atoms with Crippen molar-refractivity contribution in [2.24, 2.45) is 0 Å². The molecule has 0 fully saturated rings. The molecule has 0 aliphatic heterocycles. The molecule has 0 spiro atoms. The first-order valence-corrected chi connectivity index (χ1v) is 15.8. The van der Waals surface area contributed by atoms with E-state index in [1.54, 1.807) is 0 Å². The summed E-state index contributed by atoms with van der Waals surface area (Å²) in [6, 6.07) is 1.15. The van der Waals surface area contributed by atoms with Crippen LogP contribution in [0.1, 0.15) is 90.0 Å². The van der Waals surface area contributed by atoms with Crippen molar-refractivity contribution in [1.29, 1.82) is 0 Å². The Balaban J connectivity index is 6.52. The molecule has 0 N–H and O–H groups in total. The molecule has 0 aliphatic carbocycles. The van der Waals surface area contributed by atoms with Gasteiger partial charge in [-0.1, -0.05) is 0 Å². The van der Waals surface area contributed by atoms with Gasteiger partial charge in [-0.25, -0.2) is 0 Å². The van der Waals surface area contributed by atoms with Crippen molar-refractivity contribution in [3.8, 4) is 0 Å². The van der Waals surface area contributed by atoms with Gasteiger partial charge in [-0.05, 0) is 0 Å². The van der Waals surface area contributed by atoms with E-state index < -0.39 is 18.9 Å². The monoisotopic (exact) mass is 420 g/mol. The second-order valence-electron chi connectivity index (χ2n) is 10.5. The van der Waals surface area contributed by atoms with Gasteiger partial charge in [-0.15, -0.1) is 0 Å². The van der Waals surface area contributed by atoms with E-state index in [1.807, 2.05) is 0 Å². The van der Waals surface area contributed by atoms with Gasteiger partial charge < -0.3 is 0 Å². The molecule has 0 radical (unpaired) electrons. The van der Waals surface area contributed by atoms with Gasteiger partial charge in [0.15, 0.2) is 0 Å². The van der Waals surface area contributed by atoms with Gasteiger partial charge in [-0.3, -0.25) is 0 Å². The summed E-state index contributed by atoms with van der Waals surface area (Å²) in [5.41, 5.74) is 0.398. The van der Waals surface area contributed by atoms with E-state index in [4.69, 9.17) is 0 Å². The van der Waals surface area contributed by atoms with E-state index in [1.165, 1.54) is 0 Å². The predicted molar refractivity (Wildman–Crippen MR) is 105 cm³/mol. The first kappa shape index (κ1) is 22.7. The zero-order valence-electron chi connectivity index (χ0n) is 18.0. The summed E-state index contributed by atoms with van der Waals surface area (Å²) < 4.78 is 6.18. The van der Waals surface area contributed by atoms with Gasteiger partial charge >= 0.3 is 147 Å². The summed E-state index contributed by atoms with van der Waals surface area (Å²) in [6.07, 6.45) is 0. The van der Waals surface area contributed by atoms with Crippen molar-refractivity contribution in [2.45, 2.75) is 122 Å². The van der Waals surface area contributed by atoms with Crippen LogP contribution < -0.4 is 0 Å². The van der Waals surface area contributed by atoms with E-state index in [2.05, 4.69) is 101 Å². The van der Waals surface area contributed by atoms with Gasteiger partial charge in [0.2, 0.25) is 0 Å². The maximum atomic E-state index is 2.92. The molecule has 0 aromatic rings. The summed E-state index contributed by atoms with van der Waals surface area (Å²) in [5, 5.41) is 0. The van der Waals surface area contributed by atoms with Crippen molar-refractivity contribution in [1.82, 2.24) is 6.24 Å². The average molecular weight is 419 g/mol. The van der Waals surface area contributed by atoms with E-state index >= 15 is 0 Å². The maximum absolute atomic E-state index is 2.92. The third-order valence-corrected chi connectivity index (χ3v) is 25.1. The van der Waals surface area contributed by atoms with Crippen LogP contribution in [0.25, 0.3) is 0 Å². The summed E-state index contributed by atoms with van der Waals surface area (Å²) in [5.74, 6) is 0. The third kappa shape index (κ3) is 4.63. The molecular weight excluding hydrogens is 375 g/mol. The molecule has 0 aromatic carbocycles. The van der Waals surface area contributed by atoms with Gasteiger partial charge in [0.25, 0.3) is 0 Å². The molecule has 0 saturated carbocycles. The second kappa shape index (κ2) is 6.91. The first-order valence-electron chi connectivity index (χ1n) is 8.97. The third-order valence-electron chi connectivity index (χ3n) is 4.84. The summed E-state index contributed by atoms with van der Waals surface area (Å²) >= 11 is -2.91. The van der Waals surface area contributed by atoms with E-state index in [0.717, 1.165) is 0 Å². The van der Waals surface area contributed by atoms with Crippen LogP contribution in [0, 0.1) is 0 Å². The Hall–Kier alpha value is 0.719. The van der Waals surface area contributed by atoms with Crippen LogP contribution in [0.5, 0.6) is 0 Å². The molecule has 0 rings (SSSR count). The molecule has 22 heavy (non-hydrogen) atoms. The molecular formula is C19H44N2Sn. The van der Waals surface area contributed by atoms with Crippen molar-refractivity contribution < 1.29 is 0 Å². The van der Waals surface area contributed by atoms with Gasteiger partial charge in [0, 0.05) is 0 Å². The van der Waals surface area contributed by atoms with Gasteiger partial charge in [-0.2, -0.15) is 0 Å². The van der Waals surface area contributed by atoms with Crippen LogP contribution >= 0.6 is 0 Å². The fourth-order valence-electron chi connectivity index (χ4n) is 4.70. The minimum atomic E-state index is -2.91. The Morgan fingerprint density at radius 1 is 0.591 bits per heavy atom. The Labute approximate surface area is 146 Å². The fourth-order valence-corrected chi connectivity index (χ4v) is 22.7. The summed E-state index contributed by atoms with van der Waals surface area (Å²) in [4.78, 5) is 2.66. The first-order chi connectivity index (χ1) is 9.38. The molecule has 3 heteroatoms. The van der Waals surface area contributed by atoms with Crippen LogP contribution in [0.15, 0.2) is 0 Å². The fraction of sp³-hybridized carbons (Fsp3) is 1.00. The quantitative estimate of drug-likeness (QED) is 0.526. The molecule has 0 aliphatic rings. The molecule has 0 atom stereocenters.